The molecule has 1 unspecified atom stereocenters. The number of amides is 2. The van der Waals surface area contributed by atoms with E-state index in [1.807, 2.05) is 0 Å². The molecule has 2 heterocycles. The van der Waals surface area contributed by atoms with Crippen molar-refractivity contribution in [2.45, 2.75) is 43.1 Å². The fourth-order valence-electron chi connectivity index (χ4n) is 4.98. The molecule has 2 aliphatic rings. The van der Waals surface area contributed by atoms with E-state index in [1.54, 1.807) is 6.07 Å². The molecule has 0 aliphatic carbocycles. The van der Waals surface area contributed by atoms with Crippen LogP contribution in [0.5, 0.6) is 0 Å². The van der Waals surface area contributed by atoms with E-state index < -0.39 is 42.1 Å². The summed E-state index contributed by atoms with van der Waals surface area (Å²) in [6.07, 6.45) is -7.03. The monoisotopic (exact) mass is 608 g/mol. The van der Waals surface area contributed by atoms with Crippen molar-refractivity contribution < 1.29 is 36.6 Å². The van der Waals surface area contributed by atoms with Gasteiger partial charge in [0.2, 0.25) is 0 Å². The molecule has 0 radical (unpaired) electrons. The number of rotatable bonds is 8. The Morgan fingerprint density at radius 3 is 2.30 bits per heavy atom. The lowest BCUT2D eigenvalue weighted by molar-refractivity contribution is -0.262. The van der Waals surface area contributed by atoms with E-state index in [0.29, 0.717) is 31.6 Å². The van der Waals surface area contributed by atoms with Crippen molar-refractivity contribution in [2.24, 2.45) is 0 Å². The third-order valence-corrected chi connectivity index (χ3v) is 7.69. The highest BCUT2D eigenvalue weighted by molar-refractivity contribution is 6.34. The number of likely N-dealkylation sites (tertiary alicyclic amines) is 2. The number of nitrogens with zero attached hydrogens (tertiary/aromatic N) is 2. The average molecular weight is 609 g/mol. The van der Waals surface area contributed by atoms with Crippen molar-refractivity contribution in [2.75, 3.05) is 38.0 Å². The number of benzene rings is 2. The Kier molecular flexibility index (Phi) is 9.13. The maximum absolute atomic E-state index is 14.0. The Morgan fingerprint density at radius 1 is 1.05 bits per heavy atom. The second kappa shape index (κ2) is 12.1. The minimum absolute atomic E-state index is 0.0267. The van der Waals surface area contributed by atoms with Gasteiger partial charge in [-0.15, -0.1) is 0 Å². The zero-order chi connectivity index (χ0) is 29.2. The summed E-state index contributed by atoms with van der Waals surface area (Å²) in [6, 6.07) is 9.28. The summed E-state index contributed by atoms with van der Waals surface area (Å²) in [5.41, 5.74) is -3.60. The van der Waals surface area contributed by atoms with E-state index in [4.69, 9.17) is 23.2 Å². The van der Waals surface area contributed by atoms with Crippen LogP contribution in [-0.4, -0.2) is 84.1 Å². The molecular formula is C26H27Cl2F5N4O3. The van der Waals surface area contributed by atoms with Crippen LogP contribution in [0.4, 0.5) is 27.6 Å². The quantitative estimate of drug-likeness (QED) is 0.384. The zero-order valence-corrected chi connectivity index (χ0v) is 22.5. The van der Waals surface area contributed by atoms with Crippen molar-refractivity contribution in [1.82, 2.24) is 15.1 Å². The van der Waals surface area contributed by atoms with E-state index in [-0.39, 0.29) is 40.8 Å². The zero-order valence-electron chi connectivity index (χ0n) is 21.0. The number of nitrogens with one attached hydrogen (secondary N) is 2. The Balaban J connectivity index is 1.29. The third-order valence-electron chi connectivity index (χ3n) is 7.14. The van der Waals surface area contributed by atoms with Gasteiger partial charge >= 0.3 is 6.18 Å². The standard InChI is InChI=1S/C26H27Cl2F5N4O3/c27-16-3-1-2-15(10-16)25(40,26(31,32)33)24(39)36-8-6-19(7-9-36)37-13-18(14-37)35-17-4-5-20(21(28)11-17)23(38)34-12-22(29)30/h1-5,10-11,18-19,22,35,40H,6-9,12-14H2,(H,34,38). The molecule has 14 heteroatoms. The van der Waals surface area contributed by atoms with Crippen LogP contribution in [-0.2, 0) is 10.4 Å². The van der Waals surface area contributed by atoms with E-state index in [2.05, 4.69) is 15.5 Å². The molecule has 2 aliphatic heterocycles. The Labute approximate surface area is 237 Å². The molecule has 218 valence electrons. The van der Waals surface area contributed by atoms with Crippen LogP contribution >= 0.6 is 23.2 Å². The van der Waals surface area contributed by atoms with E-state index in [0.717, 1.165) is 17.0 Å². The van der Waals surface area contributed by atoms with Gasteiger partial charge in [0, 0.05) is 48.5 Å². The minimum atomic E-state index is -5.24. The number of carbonyl (C=O) groups is 2. The molecule has 7 nitrogen and oxygen atoms in total. The predicted molar refractivity (Wildman–Crippen MR) is 140 cm³/mol. The van der Waals surface area contributed by atoms with Gasteiger partial charge in [0.15, 0.2) is 0 Å². The molecule has 2 amide bonds. The molecule has 2 fully saturated rings. The number of alkyl halides is 5. The smallest absolute Gasteiger partial charge is 0.380 e. The van der Waals surface area contributed by atoms with Crippen LogP contribution in [0.15, 0.2) is 42.5 Å². The van der Waals surface area contributed by atoms with Crippen molar-refractivity contribution in [3.05, 3.63) is 63.6 Å². The Morgan fingerprint density at radius 2 is 1.73 bits per heavy atom. The van der Waals surface area contributed by atoms with Crippen LogP contribution in [0.3, 0.4) is 0 Å². The molecule has 3 N–H and O–H groups in total. The summed E-state index contributed by atoms with van der Waals surface area (Å²) in [4.78, 5) is 28.2. The predicted octanol–water partition coefficient (Wildman–Crippen LogP) is 4.53. The minimum Gasteiger partial charge on any atom is -0.380 e. The average Bonchev–Trinajstić information content (AvgIpc) is 2.87. The van der Waals surface area contributed by atoms with Gasteiger partial charge in [0.1, 0.15) is 0 Å². The molecular weight excluding hydrogens is 582 g/mol. The molecule has 0 bridgehead atoms. The van der Waals surface area contributed by atoms with Crippen LogP contribution in [0, 0.1) is 0 Å². The normalized spacial score (nSPS) is 18.8. The third kappa shape index (κ3) is 6.45. The van der Waals surface area contributed by atoms with Crippen molar-refractivity contribution >= 4 is 40.7 Å². The van der Waals surface area contributed by atoms with E-state index in [9.17, 15) is 36.6 Å². The van der Waals surface area contributed by atoms with Gasteiger partial charge in [-0.3, -0.25) is 14.5 Å². The number of halogens is 7. The molecule has 0 aromatic heterocycles. The van der Waals surface area contributed by atoms with Gasteiger partial charge in [0.05, 0.1) is 23.2 Å². The van der Waals surface area contributed by atoms with Gasteiger partial charge in [-0.05, 0) is 43.2 Å². The topological polar surface area (TPSA) is 84.9 Å². The maximum atomic E-state index is 14.0. The lowest BCUT2D eigenvalue weighted by atomic mass is 9.89. The SMILES string of the molecule is O=C(NCC(F)F)c1ccc(NC2CN(C3CCN(C(=O)C(O)(c4cccc(Cl)c4)C(F)(F)F)CC3)C2)cc1Cl. The molecule has 2 saturated heterocycles. The number of carbonyl (C=O) groups excluding carboxylic acids is 2. The summed E-state index contributed by atoms with van der Waals surface area (Å²) in [5.74, 6) is -2.12. The molecule has 40 heavy (non-hydrogen) atoms. The second-order valence-electron chi connectivity index (χ2n) is 9.83. The van der Waals surface area contributed by atoms with Gasteiger partial charge in [-0.2, -0.15) is 13.2 Å². The van der Waals surface area contributed by atoms with E-state index >= 15 is 0 Å². The van der Waals surface area contributed by atoms with Crippen molar-refractivity contribution in [3.8, 4) is 0 Å². The van der Waals surface area contributed by atoms with Crippen LogP contribution in [0.2, 0.25) is 10.0 Å². The maximum Gasteiger partial charge on any atom is 0.430 e. The Bertz CT molecular complexity index is 1240. The van der Waals surface area contributed by atoms with Gasteiger partial charge in [-0.1, -0.05) is 35.3 Å². The Hall–Kier alpha value is -2.67. The van der Waals surface area contributed by atoms with Crippen molar-refractivity contribution in [3.63, 3.8) is 0 Å². The first kappa shape index (κ1) is 30.3. The summed E-state index contributed by atoms with van der Waals surface area (Å²) in [7, 11) is 0. The van der Waals surface area contributed by atoms with Crippen LogP contribution in [0.1, 0.15) is 28.8 Å². The lowest BCUT2D eigenvalue weighted by Gasteiger charge is -2.48. The summed E-state index contributed by atoms with van der Waals surface area (Å²) < 4.78 is 66.5. The summed E-state index contributed by atoms with van der Waals surface area (Å²) in [5, 5.41) is 16.1. The van der Waals surface area contributed by atoms with E-state index in [1.165, 1.54) is 24.3 Å². The number of hydrogen-bond acceptors (Lipinski definition) is 5. The molecule has 2 aromatic carbocycles. The molecule has 0 spiro atoms. The first-order chi connectivity index (χ1) is 18.8. The number of piperidine rings is 1. The second-order valence-corrected chi connectivity index (χ2v) is 10.7. The van der Waals surface area contributed by atoms with Gasteiger partial charge in [0.25, 0.3) is 23.8 Å². The highest BCUT2D eigenvalue weighted by Gasteiger charge is 2.62. The fourth-order valence-corrected chi connectivity index (χ4v) is 5.43. The highest BCUT2D eigenvalue weighted by Crippen LogP contribution is 2.42. The van der Waals surface area contributed by atoms with Gasteiger partial charge < -0.3 is 20.6 Å². The lowest BCUT2D eigenvalue weighted by Crippen LogP contribution is -2.62. The number of hydrogen-bond donors (Lipinski definition) is 3. The first-order valence-corrected chi connectivity index (χ1v) is 13.3. The highest BCUT2D eigenvalue weighted by atomic mass is 35.5. The molecule has 1 atom stereocenters. The van der Waals surface area contributed by atoms with Crippen LogP contribution in [0.25, 0.3) is 0 Å². The molecule has 2 aromatic rings. The molecule has 0 saturated carbocycles. The summed E-state index contributed by atoms with van der Waals surface area (Å²) in [6.45, 7) is 0.623. The van der Waals surface area contributed by atoms with Crippen molar-refractivity contribution in [1.29, 1.82) is 0 Å². The van der Waals surface area contributed by atoms with Gasteiger partial charge in [-0.25, -0.2) is 8.78 Å². The largest absolute Gasteiger partial charge is 0.430 e. The first-order valence-electron chi connectivity index (χ1n) is 12.5. The summed E-state index contributed by atoms with van der Waals surface area (Å²) >= 11 is 12.0. The number of anilines is 1. The number of aliphatic hydroxyl groups is 1. The molecule has 4 rings (SSSR count). The fraction of sp³-hybridized carbons (Fsp3) is 0.462. The van der Waals surface area contributed by atoms with Crippen LogP contribution < -0.4 is 10.6 Å².